The van der Waals surface area contributed by atoms with E-state index in [0.717, 1.165) is 32.1 Å². The summed E-state index contributed by atoms with van der Waals surface area (Å²) in [6.45, 7) is 1.99. The van der Waals surface area contributed by atoms with E-state index in [2.05, 4.69) is 22.4 Å². The van der Waals surface area contributed by atoms with Crippen molar-refractivity contribution in [2.45, 2.75) is 6.92 Å². The van der Waals surface area contributed by atoms with Gasteiger partial charge < -0.3 is 5.11 Å². The molecule has 1 heterocycles. The summed E-state index contributed by atoms with van der Waals surface area (Å²) in [5, 5.41) is 22.7. The number of rotatable bonds is 2. The van der Waals surface area contributed by atoms with Crippen molar-refractivity contribution in [3.8, 4) is 5.75 Å². The van der Waals surface area contributed by atoms with Gasteiger partial charge in [-0.1, -0.05) is 48.5 Å². The second kappa shape index (κ2) is 5.48. The molecule has 1 N–H and O–H groups in total. The molecular formula is C19H14N2OS. The molecule has 4 heteroatoms. The summed E-state index contributed by atoms with van der Waals surface area (Å²) in [5.74, 6) is 0.202. The van der Waals surface area contributed by atoms with Crippen LogP contribution in [0.3, 0.4) is 0 Å². The molecule has 0 bridgehead atoms. The Kier molecular flexibility index (Phi) is 3.32. The van der Waals surface area contributed by atoms with E-state index in [4.69, 9.17) is 0 Å². The minimum Gasteiger partial charge on any atom is -0.504 e. The molecule has 0 aliphatic carbocycles. The quantitative estimate of drug-likeness (QED) is 0.422. The summed E-state index contributed by atoms with van der Waals surface area (Å²) in [5.41, 5.74) is 1.87. The number of azo groups is 1. The lowest BCUT2D eigenvalue weighted by Crippen LogP contribution is -1.71. The van der Waals surface area contributed by atoms with Crippen LogP contribution in [0, 0.1) is 6.92 Å². The maximum Gasteiger partial charge on any atom is 0.181 e. The molecule has 0 radical (unpaired) electrons. The van der Waals surface area contributed by atoms with E-state index in [1.54, 1.807) is 0 Å². The van der Waals surface area contributed by atoms with Crippen molar-refractivity contribution in [1.29, 1.82) is 0 Å². The molecule has 0 atom stereocenters. The third kappa shape index (κ3) is 2.37. The van der Waals surface area contributed by atoms with Crippen LogP contribution in [0.1, 0.15) is 5.56 Å². The lowest BCUT2D eigenvalue weighted by Gasteiger charge is -1.98. The standard InChI is InChI=1S/C19H14N2OS/c1-12-6-2-5-9-16(12)20-21-19-17(22)15-11-10-13-7-3-4-8-14(13)18(15)23-19/h2-11,22H,1H3. The van der Waals surface area contributed by atoms with Gasteiger partial charge in [-0.2, -0.15) is 0 Å². The highest BCUT2D eigenvalue weighted by Gasteiger charge is 2.13. The summed E-state index contributed by atoms with van der Waals surface area (Å²) in [6.07, 6.45) is 0. The van der Waals surface area contributed by atoms with E-state index >= 15 is 0 Å². The van der Waals surface area contributed by atoms with Crippen LogP contribution >= 0.6 is 11.3 Å². The van der Waals surface area contributed by atoms with Gasteiger partial charge in [0.05, 0.1) is 5.69 Å². The van der Waals surface area contributed by atoms with Crippen LogP contribution in [0.4, 0.5) is 10.7 Å². The largest absolute Gasteiger partial charge is 0.504 e. The third-order valence-electron chi connectivity index (χ3n) is 3.90. The van der Waals surface area contributed by atoms with Gasteiger partial charge >= 0.3 is 0 Å². The first-order chi connectivity index (χ1) is 11.2. The topological polar surface area (TPSA) is 45.0 Å². The highest BCUT2D eigenvalue weighted by atomic mass is 32.1. The SMILES string of the molecule is Cc1ccccc1N=Nc1sc2c(ccc3ccccc32)c1O. The predicted molar refractivity (Wildman–Crippen MR) is 96.4 cm³/mol. The Morgan fingerprint density at radius 3 is 2.48 bits per heavy atom. The average Bonchev–Trinajstić information content (AvgIpc) is 2.91. The highest BCUT2D eigenvalue weighted by Crippen LogP contribution is 2.46. The normalized spacial score (nSPS) is 11.7. The van der Waals surface area contributed by atoms with Crippen LogP contribution in [-0.4, -0.2) is 5.11 Å². The zero-order valence-electron chi connectivity index (χ0n) is 12.5. The number of thiophene rings is 1. The molecule has 3 nitrogen and oxygen atoms in total. The second-order valence-corrected chi connectivity index (χ2v) is 6.40. The smallest absolute Gasteiger partial charge is 0.181 e. The lowest BCUT2D eigenvalue weighted by atomic mass is 10.1. The molecule has 0 fully saturated rings. The first-order valence-corrected chi connectivity index (χ1v) is 8.16. The molecule has 23 heavy (non-hydrogen) atoms. The van der Waals surface area contributed by atoms with Crippen LogP contribution in [-0.2, 0) is 0 Å². The van der Waals surface area contributed by atoms with E-state index < -0.39 is 0 Å². The molecule has 0 saturated heterocycles. The zero-order chi connectivity index (χ0) is 15.8. The maximum atomic E-state index is 10.5. The van der Waals surface area contributed by atoms with Crippen molar-refractivity contribution >= 4 is 42.9 Å². The number of hydrogen-bond acceptors (Lipinski definition) is 4. The van der Waals surface area contributed by atoms with Gasteiger partial charge in [-0.15, -0.1) is 21.6 Å². The number of fused-ring (bicyclic) bond motifs is 3. The van der Waals surface area contributed by atoms with E-state index in [-0.39, 0.29) is 5.75 Å². The van der Waals surface area contributed by atoms with E-state index in [1.807, 2.05) is 55.5 Å². The Bertz CT molecular complexity index is 1050. The van der Waals surface area contributed by atoms with Crippen molar-refractivity contribution in [2.75, 3.05) is 0 Å². The molecule has 0 saturated carbocycles. The third-order valence-corrected chi connectivity index (χ3v) is 5.01. The molecule has 0 aliphatic rings. The fourth-order valence-electron chi connectivity index (χ4n) is 2.64. The molecule has 4 aromatic rings. The number of hydrogen-bond donors (Lipinski definition) is 1. The lowest BCUT2D eigenvalue weighted by molar-refractivity contribution is 0.484. The Morgan fingerprint density at radius 1 is 0.826 bits per heavy atom. The molecule has 1 aromatic heterocycles. The number of benzene rings is 3. The number of aromatic hydroxyl groups is 1. The molecule has 112 valence electrons. The van der Waals surface area contributed by atoms with Crippen LogP contribution in [0.5, 0.6) is 5.75 Å². The fourth-order valence-corrected chi connectivity index (χ4v) is 3.69. The van der Waals surface area contributed by atoms with Gasteiger partial charge in [0.1, 0.15) is 0 Å². The monoisotopic (exact) mass is 318 g/mol. The summed E-state index contributed by atoms with van der Waals surface area (Å²) >= 11 is 1.47. The number of aryl methyl sites for hydroxylation is 1. The van der Waals surface area contributed by atoms with Crippen molar-refractivity contribution in [2.24, 2.45) is 10.2 Å². The Labute approximate surface area is 137 Å². The molecule has 0 amide bonds. The highest BCUT2D eigenvalue weighted by molar-refractivity contribution is 7.24. The molecule has 4 rings (SSSR count). The molecule has 0 spiro atoms. The van der Waals surface area contributed by atoms with Crippen molar-refractivity contribution in [1.82, 2.24) is 0 Å². The van der Waals surface area contributed by atoms with Gasteiger partial charge in [0.2, 0.25) is 0 Å². The summed E-state index contributed by atoms with van der Waals surface area (Å²) in [6, 6.07) is 19.9. The van der Waals surface area contributed by atoms with Gasteiger partial charge in [0, 0.05) is 10.1 Å². The summed E-state index contributed by atoms with van der Waals surface area (Å²) in [7, 11) is 0. The van der Waals surface area contributed by atoms with Crippen LogP contribution in [0.25, 0.3) is 20.9 Å². The van der Waals surface area contributed by atoms with Crippen molar-refractivity contribution < 1.29 is 5.11 Å². The molecule has 3 aromatic carbocycles. The fraction of sp³-hybridized carbons (Fsp3) is 0.0526. The van der Waals surface area contributed by atoms with E-state index in [1.165, 1.54) is 11.3 Å². The van der Waals surface area contributed by atoms with Crippen molar-refractivity contribution in [3.63, 3.8) is 0 Å². The van der Waals surface area contributed by atoms with Crippen LogP contribution in [0.15, 0.2) is 70.9 Å². The van der Waals surface area contributed by atoms with Crippen molar-refractivity contribution in [3.05, 3.63) is 66.2 Å². The summed E-state index contributed by atoms with van der Waals surface area (Å²) in [4.78, 5) is 0. The molecule has 0 unspecified atom stereocenters. The zero-order valence-corrected chi connectivity index (χ0v) is 13.3. The summed E-state index contributed by atoms with van der Waals surface area (Å²) < 4.78 is 1.04. The van der Waals surface area contributed by atoms with Crippen LogP contribution < -0.4 is 0 Å². The van der Waals surface area contributed by atoms with E-state index in [9.17, 15) is 5.11 Å². The average molecular weight is 318 g/mol. The maximum absolute atomic E-state index is 10.5. The second-order valence-electron chi connectivity index (χ2n) is 5.41. The van der Waals surface area contributed by atoms with Gasteiger partial charge in [0.15, 0.2) is 10.8 Å². The Hall–Kier alpha value is -2.72. The van der Waals surface area contributed by atoms with Gasteiger partial charge in [-0.25, -0.2) is 0 Å². The van der Waals surface area contributed by atoms with E-state index in [0.29, 0.717) is 5.00 Å². The minimum atomic E-state index is 0.202. The molecular weight excluding hydrogens is 304 g/mol. The first kappa shape index (κ1) is 13.9. The van der Waals surface area contributed by atoms with Crippen LogP contribution in [0.2, 0.25) is 0 Å². The van der Waals surface area contributed by atoms with Gasteiger partial charge in [0.25, 0.3) is 0 Å². The van der Waals surface area contributed by atoms with Gasteiger partial charge in [-0.05, 0) is 35.4 Å². The Balaban J connectivity index is 1.86. The number of nitrogens with zero attached hydrogens (tertiary/aromatic N) is 2. The first-order valence-electron chi connectivity index (χ1n) is 7.34. The molecule has 0 aliphatic heterocycles. The Morgan fingerprint density at radius 2 is 1.61 bits per heavy atom. The predicted octanol–water partition coefficient (Wildman–Crippen LogP) is 6.48. The minimum absolute atomic E-state index is 0.202. The van der Waals surface area contributed by atoms with Gasteiger partial charge in [-0.3, -0.25) is 0 Å².